The highest BCUT2D eigenvalue weighted by atomic mass is 35.5. The summed E-state index contributed by atoms with van der Waals surface area (Å²) in [4.78, 5) is 21.0. The Bertz CT molecular complexity index is 895. The summed E-state index contributed by atoms with van der Waals surface area (Å²) in [6.07, 6.45) is 1.67. The zero-order chi connectivity index (χ0) is 17.1. The molecule has 0 radical (unpaired) electrons. The molecule has 5 nitrogen and oxygen atoms in total. The lowest BCUT2D eigenvalue weighted by molar-refractivity contribution is 0.0950. The second-order valence-electron chi connectivity index (χ2n) is 5.35. The van der Waals surface area contributed by atoms with E-state index >= 15 is 0 Å². The van der Waals surface area contributed by atoms with Gasteiger partial charge >= 0.3 is 0 Å². The molecule has 3 rings (SSSR count). The zero-order valence-electron chi connectivity index (χ0n) is 13.3. The summed E-state index contributed by atoms with van der Waals surface area (Å²) in [6.45, 7) is 2.20. The van der Waals surface area contributed by atoms with E-state index in [-0.39, 0.29) is 5.91 Å². The Labute approximate surface area is 144 Å². The van der Waals surface area contributed by atoms with Gasteiger partial charge in [-0.15, -0.1) is 0 Å². The van der Waals surface area contributed by atoms with Crippen LogP contribution in [0, 0.1) is 6.92 Å². The summed E-state index contributed by atoms with van der Waals surface area (Å²) >= 11 is 6.01. The van der Waals surface area contributed by atoms with E-state index in [2.05, 4.69) is 15.3 Å². The van der Waals surface area contributed by atoms with Crippen molar-refractivity contribution in [2.24, 2.45) is 0 Å². The highest BCUT2D eigenvalue weighted by molar-refractivity contribution is 6.31. The molecule has 2 aromatic heterocycles. The van der Waals surface area contributed by atoms with Crippen molar-refractivity contribution < 1.29 is 9.53 Å². The van der Waals surface area contributed by atoms with Crippen LogP contribution in [0.2, 0.25) is 5.02 Å². The molecule has 0 aliphatic heterocycles. The van der Waals surface area contributed by atoms with E-state index in [4.69, 9.17) is 16.3 Å². The van der Waals surface area contributed by atoms with E-state index in [9.17, 15) is 4.79 Å². The Hall–Kier alpha value is -2.66. The molecule has 0 spiro atoms. The number of ether oxygens (including phenoxy) is 1. The zero-order valence-corrected chi connectivity index (χ0v) is 14.1. The first-order chi connectivity index (χ1) is 11.6. The van der Waals surface area contributed by atoms with Gasteiger partial charge < -0.3 is 10.1 Å². The Kier molecular flexibility index (Phi) is 4.62. The Morgan fingerprint density at radius 2 is 2.08 bits per heavy atom. The van der Waals surface area contributed by atoms with Gasteiger partial charge in [0.2, 0.25) is 5.88 Å². The van der Waals surface area contributed by atoms with Gasteiger partial charge in [-0.3, -0.25) is 9.78 Å². The van der Waals surface area contributed by atoms with Gasteiger partial charge in [-0.05, 0) is 36.8 Å². The summed E-state index contributed by atoms with van der Waals surface area (Å²) in [6, 6.07) is 10.9. The van der Waals surface area contributed by atoms with Crippen LogP contribution in [-0.4, -0.2) is 23.0 Å². The van der Waals surface area contributed by atoms with Crippen molar-refractivity contribution in [2.45, 2.75) is 13.5 Å². The number of carbonyl (C=O) groups is 1. The number of hydrogen-bond acceptors (Lipinski definition) is 4. The number of benzene rings is 1. The molecule has 0 aliphatic carbocycles. The average Bonchev–Trinajstić information content (AvgIpc) is 2.60. The second-order valence-corrected chi connectivity index (χ2v) is 5.79. The average molecular weight is 342 g/mol. The Morgan fingerprint density at radius 1 is 1.25 bits per heavy atom. The fraction of sp³-hybridized carbons (Fsp3) is 0.167. The minimum atomic E-state index is -0.183. The van der Waals surface area contributed by atoms with Crippen molar-refractivity contribution in [1.29, 1.82) is 0 Å². The lowest BCUT2D eigenvalue weighted by Gasteiger charge is -2.09. The van der Waals surface area contributed by atoms with Crippen molar-refractivity contribution in [2.75, 3.05) is 7.11 Å². The number of fused-ring (bicyclic) bond motifs is 1. The maximum Gasteiger partial charge on any atom is 0.253 e. The predicted octanol–water partition coefficient (Wildman–Crippen LogP) is 3.53. The van der Waals surface area contributed by atoms with Crippen LogP contribution in [0.5, 0.6) is 5.88 Å². The van der Waals surface area contributed by atoms with Gasteiger partial charge in [0.15, 0.2) is 0 Å². The van der Waals surface area contributed by atoms with Crippen LogP contribution in [0.15, 0.2) is 42.6 Å². The molecule has 1 N–H and O–H groups in total. The molecule has 2 heterocycles. The lowest BCUT2D eigenvalue weighted by Crippen LogP contribution is -2.24. The first kappa shape index (κ1) is 16.2. The normalized spacial score (nSPS) is 10.6. The van der Waals surface area contributed by atoms with E-state index in [0.717, 1.165) is 16.5 Å². The monoisotopic (exact) mass is 341 g/mol. The third kappa shape index (κ3) is 3.46. The Balaban J connectivity index is 1.78. The molecule has 1 aromatic carbocycles. The van der Waals surface area contributed by atoms with Crippen molar-refractivity contribution in [3.63, 3.8) is 0 Å². The van der Waals surface area contributed by atoms with Crippen LogP contribution in [0.1, 0.15) is 21.6 Å². The summed E-state index contributed by atoms with van der Waals surface area (Å²) in [5, 5.41) is 4.33. The molecule has 122 valence electrons. The number of nitrogens with one attached hydrogen (secondary N) is 1. The molecule has 0 unspecified atom stereocenters. The van der Waals surface area contributed by atoms with Gasteiger partial charge in [-0.2, -0.15) is 0 Å². The van der Waals surface area contributed by atoms with Crippen LogP contribution in [0.3, 0.4) is 0 Å². The molecule has 6 heteroatoms. The number of hydrogen-bond donors (Lipinski definition) is 1. The summed E-state index contributed by atoms with van der Waals surface area (Å²) < 4.78 is 5.01. The molecule has 0 aliphatic rings. The van der Waals surface area contributed by atoms with Crippen LogP contribution in [-0.2, 0) is 6.54 Å². The highest BCUT2D eigenvalue weighted by Crippen LogP contribution is 2.20. The van der Waals surface area contributed by atoms with Crippen molar-refractivity contribution in [1.82, 2.24) is 15.3 Å². The summed E-state index contributed by atoms with van der Waals surface area (Å²) in [7, 11) is 1.56. The fourth-order valence-corrected chi connectivity index (χ4v) is 2.57. The molecule has 0 fully saturated rings. The first-order valence-electron chi connectivity index (χ1n) is 7.41. The van der Waals surface area contributed by atoms with Crippen LogP contribution in [0.4, 0.5) is 0 Å². The number of aryl methyl sites for hydroxylation is 1. The quantitative estimate of drug-likeness (QED) is 0.788. The minimum absolute atomic E-state index is 0.183. The summed E-state index contributed by atoms with van der Waals surface area (Å²) in [5.74, 6) is 0.356. The molecule has 0 saturated heterocycles. The van der Waals surface area contributed by atoms with E-state index in [1.165, 1.54) is 0 Å². The maximum atomic E-state index is 12.5. The maximum absolute atomic E-state index is 12.5. The van der Waals surface area contributed by atoms with Crippen molar-refractivity contribution in [3.05, 3.63) is 64.4 Å². The molecule has 0 bridgehead atoms. The lowest BCUT2D eigenvalue weighted by atomic mass is 10.1. The summed E-state index contributed by atoms with van der Waals surface area (Å²) in [5.41, 5.74) is 2.91. The van der Waals surface area contributed by atoms with E-state index in [1.54, 1.807) is 31.5 Å². The number of halogens is 1. The molecular weight excluding hydrogens is 326 g/mol. The van der Waals surface area contributed by atoms with E-state index in [0.29, 0.717) is 28.7 Å². The topological polar surface area (TPSA) is 64.1 Å². The standard InChI is InChI=1S/C18H16ClN3O2/c1-11-15(8-13-7-14(19)4-5-16(13)22-11)18(23)21-10-12-3-6-17(24-2)20-9-12/h3-9H,10H2,1-2H3,(H,21,23). The molecule has 0 saturated carbocycles. The molecular formula is C18H16ClN3O2. The van der Waals surface area contributed by atoms with Gasteiger partial charge in [0, 0.05) is 29.2 Å². The van der Waals surface area contributed by atoms with Crippen LogP contribution >= 0.6 is 11.6 Å². The second kappa shape index (κ2) is 6.84. The van der Waals surface area contributed by atoms with Crippen LogP contribution < -0.4 is 10.1 Å². The minimum Gasteiger partial charge on any atom is -0.481 e. The number of nitrogens with zero attached hydrogens (tertiary/aromatic N) is 2. The third-order valence-electron chi connectivity index (χ3n) is 3.67. The van der Waals surface area contributed by atoms with Gasteiger partial charge in [0.1, 0.15) is 0 Å². The van der Waals surface area contributed by atoms with Gasteiger partial charge in [0.05, 0.1) is 23.9 Å². The molecule has 0 atom stereocenters. The first-order valence-corrected chi connectivity index (χ1v) is 7.78. The van der Waals surface area contributed by atoms with Crippen molar-refractivity contribution in [3.8, 4) is 5.88 Å². The number of rotatable bonds is 4. The fourth-order valence-electron chi connectivity index (χ4n) is 2.39. The number of aromatic nitrogens is 2. The SMILES string of the molecule is COc1ccc(CNC(=O)c2cc3cc(Cl)ccc3nc2C)cn1. The third-order valence-corrected chi connectivity index (χ3v) is 3.91. The van der Waals surface area contributed by atoms with Crippen LogP contribution in [0.25, 0.3) is 10.9 Å². The number of carbonyl (C=O) groups excluding carboxylic acids is 1. The predicted molar refractivity (Wildman–Crippen MR) is 93.4 cm³/mol. The van der Waals surface area contributed by atoms with E-state index in [1.807, 2.05) is 25.1 Å². The van der Waals surface area contributed by atoms with Crippen molar-refractivity contribution >= 4 is 28.4 Å². The molecule has 24 heavy (non-hydrogen) atoms. The molecule has 1 amide bonds. The van der Waals surface area contributed by atoms with Gasteiger partial charge in [0.25, 0.3) is 5.91 Å². The van der Waals surface area contributed by atoms with Gasteiger partial charge in [-0.1, -0.05) is 17.7 Å². The van der Waals surface area contributed by atoms with E-state index < -0.39 is 0 Å². The highest BCUT2D eigenvalue weighted by Gasteiger charge is 2.12. The number of pyridine rings is 2. The Morgan fingerprint density at radius 3 is 2.79 bits per heavy atom. The number of amides is 1. The number of methoxy groups -OCH3 is 1. The largest absolute Gasteiger partial charge is 0.481 e. The smallest absolute Gasteiger partial charge is 0.253 e. The van der Waals surface area contributed by atoms with Gasteiger partial charge in [-0.25, -0.2) is 4.98 Å². The molecule has 3 aromatic rings.